The van der Waals surface area contributed by atoms with Gasteiger partial charge in [0.2, 0.25) is 0 Å². The van der Waals surface area contributed by atoms with Crippen LogP contribution in [0.25, 0.3) is 0 Å². The zero-order valence-corrected chi connectivity index (χ0v) is 11.0. The Morgan fingerprint density at radius 2 is 2.12 bits per heavy atom. The van der Waals surface area contributed by atoms with Crippen molar-refractivity contribution in [3.8, 4) is 0 Å². The Morgan fingerprint density at radius 3 is 2.59 bits per heavy atom. The minimum atomic E-state index is -1.00. The molecule has 0 spiro atoms. The third kappa shape index (κ3) is 3.06. The lowest BCUT2D eigenvalue weighted by Crippen LogP contribution is -2.06. The molecule has 1 rings (SSSR count). The summed E-state index contributed by atoms with van der Waals surface area (Å²) in [5.41, 5.74) is 0.772. The van der Waals surface area contributed by atoms with Crippen LogP contribution in [0.15, 0.2) is 6.07 Å². The van der Waals surface area contributed by atoms with E-state index in [1.807, 2.05) is 13.8 Å². The number of aromatic carboxylic acids is 1. The highest BCUT2D eigenvalue weighted by atomic mass is 32.1. The number of rotatable bonds is 5. The maximum Gasteiger partial charge on any atom is 0.348 e. The Hall–Kier alpha value is -1.36. The summed E-state index contributed by atoms with van der Waals surface area (Å²) in [5.74, 6) is -1.28. The van der Waals surface area contributed by atoms with E-state index in [1.54, 1.807) is 13.0 Å². The SMILES string of the molecule is CCOC(=O)c1sc(C(=O)O)cc1C(C)CC. The highest BCUT2D eigenvalue weighted by molar-refractivity contribution is 7.16. The fraction of sp³-hybridized carbons (Fsp3) is 0.500. The van der Waals surface area contributed by atoms with Crippen molar-refractivity contribution in [2.45, 2.75) is 33.1 Å². The normalized spacial score (nSPS) is 12.2. The summed E-state index contributed by atoms with van der Waals surface area (Å²) in [6.07, 6.45) is 0.849. The smallest absolute Gasteiger partial charge is 0.348 e. The van der Waals surface area contributed by atoms with E-state index in [4.69, 9.17) is 9.84 Å². The molecule has 0 aliphatic rings. The molecule has 0 fully saturated rings. The van der Waals surface area contributed by atoms with Crippen molar-refractivity contribution >= 4 is 23.3 Å². The number of carbonyl (C=O) groups excluding carboxylic acids is 1. The first-order chi connectivity index (χ1) is 8.01. The molecule has 1 aromatic heterocycles. The maximum atomic E-state index is 11.7. The maximum absolute atomic E-state index is 11.7. The predicted molar refractivity (Wildman–Crippen MR) is 65.9 cm³/mol. The molecule has 0 amide bonds. The molecule has 5 heteroatoms. The van der Waals surface area contributed by atoms with E-state index >= 15 is 0 Å². The molecule has 4 nitrogen and oxygen atoms in total. The molecule has 1 atom stereocenters. The summed E-state index contributed by atoms with van der Waals surface area (Å²) in [6, 6.07) is 1.58. The van der Waals surface area contributed by atoms with E-state index in [2.05, 4.69) is 0 Å². The minimum Gasteiger partial charge on any atom is -0.477 e. The second-order valence-corrected chi connectivity index (χ2v) is 4.78. The van der Waals surface area contributed by atoms with Gasteiger partial charge in [-0.15, -0.1) is 11.3 Å². The van der Waals surface area contributed by atoms with Crippen LogP contribution in [0.3, 0.4) is 0 Å². The molecule has 1 N–H and O–H groups in total. The quantitative estimate of drug-likeness (QED) is 0.822. The summed E-state index contributed by atoms with van der Waals surface area (Å²) in [5, 5.41) is 8.95. The largest absolute Gasteiger partial charge is 0.477 e. The Kier molecular flexibility index (Phi) is 4.69. The van der Waals surface area contributed by atoms with Crippen molar-refractivity contribution in [2.24, 2.45) is 0 Å². The number of carbonyl (C=O) groups is 2. The molecule has 0 bridgehead atoms. The Labute approximate surface area is 104 Å². The summed E-state index contributed by atoms with van der Waals surface area (Å²) in [7, 11) is 0. The molecule has 0 radical (unpaired) electrons. The third-order valence-corrected chi connectivity index (χ3v) is 3.69. The number of thiophene rings is 1. The van der Waals surface area contributed by atoms with Crippen LogP contribution >= 0.6 is 11.3 Å². The second kappa shape index (κ2) is 5.82. The Bertz CT molecular complexity index is 422. The van der Waals surface area contributed by atoms with Crippen molar-refractivity contribution in [3.05, 3.63) is 21.4 Å². The lowest BCUT2D eigenvalue weighted by Gasteiger charge is -2.08. The molecule has 1 aromatic rings. The van der Waals surface area contributed by atoms with Crippen molar-refractivity contribution < 1.29 is 19.4 Å². The number of ether oxygens (including phenoxy) is 1. The van der Waals surface area contributed by atoms with Gasteiger partial charge in [-0.2, -0.15) is 0 Å². The van der Waals surface area contributed by atoms with Crippen LogP contribution in [0.5, 0.6) is 0 Å². The molecule has 0 aromatic carbocycles. The van der Waals surface area contributed by atoms with Crippen LogP contribution in [0.1, 0.15) is 58.0 Å². The Balaban J connectivity index is 3.16. The zero-order valence-electron chi connectivity index (χ0n) is 10.1. The minimum absolute atomic E-state index is 0.152. The summed E-state index contributed by atoms with van der Waals surface area (Å²) in [6.45, 7) is 5.99. The summed E-state index contributed by atoms with van der Waals surface area (Å²) in [4.78, 5) is 23.2. The van der Waals surface area contributed by atoms with Crippen molar-refractivity contribution in [1.82, 2.24) is 0 Å². The Morgan fingerprint density at radius 1 is 1.47 bits per heavy atom. The molecular weight excluding hydrogens is 240 g/mol. The van der Waals surface area contributed by atoms with Gasteiger partial charge in [0.05, 0.1) is 6.61 Å². The zero-order chi connectivity index (χ0) is 13.0. The number of hydrogen-bond acceptors (Lipinski definition) is 4. The van der Waals surface area contributed by atoms with Crippen LogP contribution in [-0.2, 0) is 4.74 Å². The fourth-order valence-electron chi connectivity index (χ4n) is 1.45. The van der Waals surface area contributed by atoms with Gasteiger partial charge in [-0.1, -0.05) is 13.8 Å². The molecule has 0 saturated heterocycles. The van der Waals surface area contributed by atoms with Crippen LogP contribution in [-0.4, -0.2) is 23.7 Å². The van der Waals surface area contributed by atoms with Gasteiger partial charge in [0.15, 0.2) is 0 Å². The van der Waals surface area contributed by atoms with Gasteiger partial charge in [0, 0.05) is 0 Å². The fourth-order valence-corrected chi connectivity index (χ4v) is 2.47. The van der Waals surface area contributed by atoms with Gasteiger partial charge in [0.25, 0.3) is 0 Å². The topological polar surface area (TPSA) is 63.6 Å². The van der Waals surface area contributed by atoms with E-state index in [1.165, 1.54) is 0 Å². The first-order valence-corrected chi connectivity index (χ1v) is 6.37. The van der Waals surface area contributed by atoms with Crippen LogP contribution < -0.4 is 0 Å². The predicted octanol–water partition coefficient (Wildman–Crippen LogP) is 3.14. The van der Waals surface area contributed by atoms with E-state index in [9.17, 15) is 9.59 Å². The van der Waals surface area contributed by atoms with Crippen molar-refractivity contribution in [2.75, 3.05) is 6.61 Å². The highest BCUT2D eigenvalue weighted by Crippen LogP contribution is 2.31. The van der Waals surface area contributed by atoms with E-state index < -0.39 is 11.9 Å². The number of carboxylic acids is 1. The summed E-state index contributed by atoms with van der Waals surface area (Å²) < 4.78 is 4.93. The highest BCUT2D eigenvalue weighted by Gasteiger charge is 2.22. The lowest BCUT2D eigenvalue weighted by molar-refractivity contribution is 0.0530. The molecule has 0 aliphatic heterocycles. The van der Waals surface area contributed by atoms with Gasteiger partial charge in [-0.25, -0.2) is 9.59 Å². The average Bonchev–Trinajstić information content (AvgIpc) is 2.73. The molecule has 1 heterocycles. The van der Waals surface area contributed by atoms with E-state index in [-0.39, 0.29) is 10.8 Å². The van der Waals surface area contributed by atoms with Crippen LogP contribution in [0.4, 0.5) is 0 Å². The number of hydrogen-bond donors (Lipinski definition) is 1. The van der Waals surface area contributed by atoms with Gasteiger partial charge >= 0.3 is 11.9 Å². The van der Waals surface area contributed by atoms with E-state index in [0.29, 0.717) is 11.5 Å². The lowest BCUT2D eigenvalue weighted by atomic mass is 9.99. The molecule has 0 aliphatic carbocycles. The van der Waals surface area contributed by atoms with Crippen LogP contribution in [0, 0.1) is 0 Å². The second-order valence-electron chi connectivity index (χ2n) is 3.73. The standard InChI is InChI=1S/C12H16O4S/c1-4-7(3)8-6-9(11(13)14)17-10(8)12(15)16-5-2/h6-7H,4-5H2,1-3H3,(H,13,14). The molecule has 94 valence electrons. The number of carboxylic acid groups (broad SMARTS) is 1. The molecule has 17 heavy (non-hydrogen) atoms. The van der Waals surface area contributed by atoms with Crippen LogP contribution in [0.2, 0.25) is 0 Å². The summed E-state index contributed by atoms with van der Waals surface area (Å²) >= 11 is 0.985. The van der Waals surface area contributed by atoms with Gasteiger partial charge in [0.1, 0.15) is 9.75 Å². The van der Waals surface area contributed by atoms with Gasteiger partial charge < -0.3 is 9.84 Å². The number of esters is 1. The first-order valence-electron chi connectivity index (χ1n) is 5.55. The van der Waals surface area contributed by atoms with Gasteiger partial charge in [-0.3, -0.25) is 0 Å². The average molecular weight is 256 g/mol. The van der Waals surface area contributed by atoms with Crippen molar-refractivity contribution in [3.63, 3.8) is 0 Å². The third-order valence-electron chi connectivity index (χ3n) is 2.58. The first kappa shape index (κ1) is 13.7. The molecule has 1 unspecified atom stereocenters. The van der Waals surface area contributed by atoms with E-state index in [0.717, 1.165) is 23.3 Å². The molecular formula is C12H16O4S. The van der Waals surface area contributed by atoms with Gasteiger partial charge in [-0.05, 0) is 30.9 Å². The monoisotopic (exact) mass is 256 g/mol. The molecule has 0 saturated carbocycles. The van der Waals surface area contributed by atoms with Crippen molar-refractivity contribution in [1.29, 1.82) is 0 Å².